The number of unbranched alkanes of at least 4 members (excludes halogenated alkanes) is 8. The zero-order valence-corrected chi connectivity index (χ0v) is 15.3. The summed E-state index contributed by atoms with van der Waals surface area (Å²) in [4.78, 5) is 10.4. The van der Waals surface area contributed by atoms with E-state index in [0.717, 1.165) is 18.6 Å². The maximum absolute atomic E-state index is 10.4. The Labute approximate surface area is 147 Å². The predicted octanol–water partition coefficient (Wildman–Crippen LogP) is 6.00. The smallest absolute Gasteiger partial charge is 0.303 e. The first-order valence-corrected chi connectivity index (χ1v) is 9.66. The van der Waals surface area contributed by atoms with Gasteiger partial charge >= 0.3 is 5.97 Å². The second-order valence-corrected chi connectivity index (χ2v) is 6.57. The average molecular weight is 335 g/mol. The molecule has 1 aromatic rings. The third kappa shape index (κ3) is 11.1. The van der Waals surface area contributed by atoms with E-state index in [1.165, 1.54) is 56.9 Å². The van der Waals surface area contributed by atoms with Gasteiger partial charge in [0.25, 0.3) is 0 Å². The van der Waals surface area contributed by atoms with Crippen LogP contribution in [-0.4, -0.2) is 17.7 Å². The monoisotopic (exact) mass is 334 g/mol. The summed E-state index contributed by atoms with van der Waals surface area (Å²) >= 11 is 0. The van der Waals surface area contributed by atoms with Crippen LogP contribution in [-0.2, 0) is 11.2 Å². The van der Waals surface area contributed by atoms with Gasteiger partial charge in [0.15, 0.2) is 0 Å². The van der Waals surface area contributed by atoms with E-state index in [9.17, 15) is 4.79 Å². The van der Waals surface area contributed by atoms with Crippen LogP contribution < -0.4 is 4.74 Å². The van der Waals surface area contributed by atoms with E-state index in [1.54, 1.807) is 0 Å². The van der Waals surface area contributed by atoms with Crippen molar-refractivity contribution in [2.45, 2.75) is 84.0 Å². The molecule has 0 aliphatic heterocycles. The minimum atomic E-state index is -0.736. The van der Waals surface area contributed by atoms with Gasteiger partial charge in [-0.1, -0.05) is 64.0 Å². The third-order valence-corrected chi connectivity index (χ3v) is 4.30. The minimum absolute atomic E-state index is 0.223. The summed E-state index contributed by atoms with van der Waals surface area (Å²) in [6.07, 6.45) is 13.7. The van der Waals surface area contributed by atoms with Crippen molar-refractivity contribution in [3.8, 4) is 5.75 Å². The fourth-order valence-electron chi connectivity index (χ4n) is 2.78. The molecule has 1 rings (SSSR count). The standard InChI is InChI=1S/C21H34O3/c1-2-3-4-5-6-7-8-9-12-19-14-16-20(17-15-19)24-18-11-10-13-21(22)23/h14-17H,2-13,18H2,1H3,(H,22,23). The molecule has 1 aromatic carbocycles. The molecule has 0 saturated heterocycles. The van der Waals surface area contributed by atoms with Crippen LogP contribution in [0, 0.1) is 0 Å². The molecule has 0 heterocycles. The van der Waals surface area contributed by atoms with Crippen LogP contribution in [0.15, 0.2) is 24.3 Å². The van der Waals surface area contributed by atoms with E-state index in [-0.39, 0.29) is 6.42 Å². The lowest BCUT2D eigenvalue weighted by Gasteiger charge is -2.07. The van der Waals surface area contributed by atoms with E-state index < -0.39 is 5.97 Å². The number of aryl methyl sites for hydroxylation is 1. The fraction of sp³-hybridized carbons (Fsp3) is 0.667. The lowest BCUT2D eigenvalue weighted by Crippen LogP contribution is -2.00. The zero-order chi connectivity index (χ0) is 17.5. The molecule has 0 aliphatic carbocycles. The number of rotatable bonds is 15. The van der Waals surface area contributed by atoms with Crippen molar-refractivity contribution in [2.75, 3.05) is 6.61 Å². The van der Waals surface area contributed by atoms with Crippen molar-refractivity contribution < 1.29 is 14.6 Å². The number of benzene rings is 1. The fourth-order valence-corrected chi connectivity index (χ4v) is 2.78. The highest BCUT2D eigenvalue weighted by Gasteiger charge is 1.99. The molecule has 0 spiro atoms. The summed E-state index contributed by atoms with van der Waals surface area (Å²) in [5.41, 5.74) is 1.37. The summed E-state index contributed by atoms with van der Waals surface area (Å²) in [5, 5.41) is 8.57. The Morgan fingerprint density at radius 3 is 2.12 bits per heavy atom. The number of ether oxygens (including phenoxy) is 1. The number of hydrogen-bond donors (Lipinski definition) is 1. The first kappa shape index (κ1) is 20.5. The predicted molar refractivity (Wildman–Crippen MR) is 99.7 cm³/mol. The maximum atomic E-state index is 10.4. The van der Waals surface area contributed by atoms with Gasteiger partial charge in [-0.25, -0.2) is 0 Å². The first-order valence-electron chi connectivity index (χ1n) is 9.66. The molecule has 3 heteroatoms. The molecule has 0 aliphatic rings. The summed E-state index contributed by atoms with van der Waals surface area (Å²) in [5.74, 6) is 0.144. The molecule has 0 atom stereocenters. The van der Waals surface area contributed by atoms with E-state index in [1.807, 2.05) is 12.1 Å². The molecule has 0 bridgehead atoms. The van der Waals surface area contributed by atoms with Crippen LogP contribution in [0.3, 0.4) is 0 Å². The first-order chi connectivity index (χ1) is 11.7. The van der Waals surface area contributed by atoms with Crippen molar-refractivity contribution in [1.82, 2.24) is 0 Å². The molecular weight excluding hydrogens is 300 g/mol. The van der Waals surface area contributed by atoms with Crippen molar-refractivity contribution in [3.63, 3.8) is 0 Å². The summed E-state index contributed by atoms with van der Waals surface area (Å²) in [7, 11) is 0. The van der Waals surface area contributed by atoms with Crippen molar-refractivity contribution in [3.05, 3.63) is 29.8 Å². The van der Waals surface area contributed by atoms with E-state index in [2.05, 4.69) is 19.1 Å². The van der Waals surface area contributed by atoms with Crippen molar-refractivity contribution in [1.29, 1.82) is 0 Å². The number of carboxylic acid groups (broad SMARTS) is 1. The Bertz CT molecular complexity index is 425. The van der Waals surface area contributed by atoms with E-state index in [0.29, 0.717) is 13.0 Å². The number of carbonyl (C=O) groups is 1. The SMILES string of the molecule is CCCCCCCCCCc1ccc(OCCCCC(=O)O)cc1. The van der Waals surface area contributed by atoms with Gasteiger partial charge in [-0.05, 0) is 43.4 Å². The van der Waals surface area contributed by atoms with E-state index in [4.69, 9.17) is 9.84 Å². The second-order valence-electron chi connectivity index (χ2n) is 6.57. The van der Waals surface area contributed by atoms with Crippen LogP contribution in [0.25, 0.3) is 0 Å². The molecule has 136 valence electrons. The van der Waals surface area contributed by atoms with Gasteiger partial charge in [0.1, 0.15) is 5.75 Å². The van der Waals surface area contributed by atoms with Gasteiger partial charge < -0.3 is 9.84 Å². The Balaban J connectivity index is 2.04. The van der Waals surface area contributed by atoms with Crippen molar-refractivity contribution in [2.24, 2.45) is 0 Å². The molecular formula is C21H34O3. The Hall–Kier alpha value is -1.51. The molecule has 0 unspecified atom stereocenters. The minimum Gasteiger partial charge on any atom is -0.494 e. The second kappa shape index (κ2) is 13.9. The molecule has 0 radical (unpaired) electrons. The van der Waals surface area contributed by atoms with Crippen LogP contribution >= 0.6 is 0 Å². The van der Waals surface area contributed by atoms with Gasteiger partial charge in [0, 0.05) is 6.42 Å². The number of hydrogen-bond acceptors (Lipinski definition) is 2. The van der Waals surface area contributed by atoms with Crippen LogP contribution in [0.5, 0.6) is 5.75 Å². The molecule has 0 aromatic heterocycles. The van der Waals surface area contributed by atoms with Gasteiger partial charge in [-0.15, -0.1) is 0 Å². The van der Waals surface area contributed by atoms with Gasteiger partial charge in [0.2, 0.25) is 0 Å². The Kier molecular flexibility index (Phi) is 11.9. The molecule has 1 N–H and O–H groups in total. The quantitative estimate of drug-likeness (QED) is 0.400. The normalized spacial score (nSPS) is 10.7. The van der Waals surface area contributed by atoms with Crippen LogP contribution in [0.4, 0.5) is 0 Å². The molecule has 0 saturated carbocycles. The molecule has 24 heavy (non-hydrogen) atoms. The van der Waals surface area contributed by atoms with E-state index >= 15 is 0 Å². The van der Waals surface area contributed by atoms with Gasteiger partial charge in [-0.3, -0.25) is 4.79 Å². The molecule has 0 amide bonds. The molecule has 0 fully saturated rings. The topological polar surface area (TPSA) is 46.5 Å². The average Bonchev–Trinajstić information content (AvgIpc) is 2.58. The number of carboxylic acids is 1. The summed E-state index contributed by atoms with van der Waals surface area (Å²) < 4.78 is 5.64. The maximum Gasteiger partial charge on any atom is 0.303 e. The molecule has 3 nitrogen and oxygen atoms in total. The third-order valence-electron chi connectivity index (χ3n) is 4.30. The van der Waals surface area contributed by atoms with Gasteiger partial charge in [0.05, 0.1) is 6.61 Å². The summed E-state index contributed by atoms with van der Waals surface area (Å²) in [6.45, 7) is 2.85. The Morgan fingerprint density at radius 2 is 1.50 bits per heavy atom. The highest BCUT2D eigenvalue weighted by Crippen LogP contribution is 2.16. The Morgan fingerprint density at radius 1 is 0.875 bits per heavy atom. The zero-order valence-electron chi connectivity index (χ0n) is 15.3. The number of aliphatic carboxylic acids is 1. The van der Waals surface area contributed by atoms with Crippen LogP contribution in [0.2, 0.25) is 0 Å². The highest BCUT2D eigenvalue weighted by atomic mass is 16.5. The van der Waals surface area contributed by atoms with Crippen LogP contribution in [0.1, 0.15) is 83.1 Å². The summed E-state index contributed by atoms with van der Waals surface area (Å²) in [6, 6.07) is 8.34. The highest BCUT2D eigenvalue weighted by molar-refractivity contribution is 5.66. The van der Waals surface area contributed by atoms with Crippen molar-refractivity contribution >= 4 is 5.97 Å². The largest absolute Gasteiger partial charge is 0.494 e. The lowest BCUT2D eigenvalue weighted by atomic mass is 10.0. The lowest BCUT2D eigenvalue weighted by molar-refractivity contribution is -0.137. The van der Waals surface area contributed by atoms with Gasteiger partial charge in [-0.2, -0.15) is 0 Å².